The summed E-state index contributed by atoms with van der Waals surface area (Å²) in [6.07, 6.45) is 0. The van der Waals surface area contributed by atoms with Crippen molar-refractivity contribution in [3.8, 4) is 45.2 Å². The molecule has 0 spiro atoms. The van der Waals surface area contributed by atoms with Crippen molar-refractivity contribution in [1.29, 1.82) is 0 Å². The van der Waals surface area contributed by atoms with Crippen LogP contribution in [0.15, 0.2) is 154 Å². The summed E-state index contributed by atoms with van der Waals surface area (Å²) in [5.74, 6) is 1.27. The SMILES string of the molecule is c1ccc(-c2nc3cc(-c4ccc(Nc5ccc(-c6ccc7nc(-c8ccccc8)oc7c6)cc5)cc4)ccc3o2)cc1. The van der Waals surface area contributed by atoms with Crippen LogP contribution in [0.2, 0.25) is 0 Å². The van der Waals surface area contributed by atoms with Gasteiger partial charge in [-0.15, -0.1) is 0 Å². The average molecular weight is 556 g/mol. The molecule has 2 heterocycles. The van der Waals surface area contributed by atoms with Crippen molar-refractivity contribution in [2.24, 2.45) is 0 Å². The maximum Gasteiger partial charge on any atom is 0.227 e. The largest absolute Gasteiger partial charge is 0.436 e. The monoisotopic (exact) mass is 555 g/mol. The molecule has 0 radical (unpaired) electrons. The van der Waals surface area contributed by atoms with Gasteiger partial charge in [-0.2, -0.15) is 0 Å². The van der Waals surface area contributed by atoms with Crippen LogP contribution in [0, 0.1) is 0 Å². The lowest BCUT2D eigenvalue weighted by Gasteiger charge is -2.09. The van der Waals surface area contributed by atoms with E-state index in [-0.39, 0.29) is 0 Å². The van der Waals surface area contributed by atoms with Crippen LogP contribution in [0.3, 0.4) is 0 Å². The molecular formula is C38H25N3O2. The maximum absolute atomic E-state index is 6.07. The fourth-order valence-electron chi connectivity index (χ4n) is 5.28. The lowest BCUT2D eigenvalue weighted by molar-refractivity contribution is 0.619. The first-order valence-electron chi connectivity index (χ1n) is 14.2. The van der Waals surface area contributed by atoms with Gasteiger partial charge in [0.15, 0.2) is 11.2 Å². The summed E-state index contributed by atoms with van der Waals surface area (Å²) in [5.41, 5.74) is 11.6. The van der Waals surface area contributed by atoms with Gasteiger partial charge in [-0.05, 0) is 95.1 Å². The second-order valence-corrected chi connectivity index (χ2v) is 10.4. The minimum absolute atomic E-state index is 0.633. The predicted octanol–water partition coefficient (Wildman–Crippen LogP) is 10.4. The topological polar surface area (TPSA) is 64.1 Å². The number of nitrogens with one attached hydrogen (secondary N) is 1. The van der Waals surface area contributed by atoms with E-state index in [9.17, 15) is 0 Å². The van der Waals surface area contributed by atoms with Crippen molar-refractivity contribution < 1.29 is 8.83 Å². The van der Waals surface area contributed by atoms with Gasteiger partial charge in [-0.1, -0.05) is 72.8 Å². The molecule has 0 aliphatic heterocycles. The number of nitrogens with zero attached hydrogens (tertiary/aromatic N) is 2. The molecule has 8 rings (SSSR count). The molecule has 5 heteroatoms. The number of benzene rings is 6. The first-order valence-corrected chi connectivity index (χ1v) is 14.2. The molecule has 0 unspecified atom stereocenters. The smallest absolute Gasteiger partial charge is 0.227 e. The lowest BCUT2D eigenvalue weighted by atomic mass is 10.0. The zero-order valence-corrected chi connectivity index (χ0v) is 23.1. The van der Waals surface area contributed by atoms with Gasteiger partial charge in [0.2, 0.25) is 11.8 Å². The van der Waals surface area contributed by atoms with Crippen molar-refractivity contribution >= 4 is 33.6 Å². The summed E-state index contributed by atoms with van der Waals surface area (Å²) in [6, 6.07) is 49.0. The fraction of sp³-hybridized carbons (Fsp3) is 0. The highest BCUT2D eigenvalue weighted by molar-refractivity contribution is 5.84. The normalized spacial score (nSPS) is 11.3. The van der Waals surface area contributed by atoms with Crippen LogP contribution >= 0.6 is 0 Å². The Labute approximate surface area is 248 Å². The number of anilines is 2. The minimum atomic E-state index is 0.633. The predicted molar refractivity (Wildman–Crippen MR) is 173 cm³/mol. The van der Waals surface area contributed by atoms with Crippen molar-refractivity contribution in [1.82, 2.24) is 9.97 Å². The molecule has 0 atom stereocenters. The van der Waals surface area contributed by atoms with Crippen LogP contribution in [0.1, 0.15) is 0 Å². The van der Waals surface area contributed by atoms with E-state index in [0.29, 0.717) is 11.8 Å². The van der Waals surface area contributed by atoms with Crippen LogP contribution in [-0.4, -0.2) is 9.97 Å². The maximum atomic E-state index is 6.07. The van der Waals surface area contributed by atoms with Crippen LogP contribution in [0.4, 0.5) is 11.4 Å². The summed E-state index contributed by atoms with van der Waals surface area (Å²) in [7, 11) is 0. The van der Waals surface area contributed by atoms with E-state index < -0.39 is 0 Å². The molecule has 6 aromatic carbocycles. The van der Waals surface area contributed by atoms with E-state index in [1.165, 1.54) is 0 Å². The standard InChI is InChI=1S/C38H25N3O2/c1-3-7-27(8-4-1)37-40-33-21-15-30(24-36(33)43-37)26-13-19-32(20-14-26)39-31-17-11-25(12-18-31)29-16-22-35-34(23-29)41-38(42-35)28-9-5-2-6-10-28/h1-24,39H. The lowest BCUT2D eigenvalue weighted by Crippen LogP contribution is -1.90. The second kappa shape index (κ2) is 10.5. The van der Waals surface area contributed by atoms with E-state index in [0.717, 1.165) is 67.0 Å². The highest BCUT2D eigenvalue weighted by Crippen LogP contribution is 2.31. The van der Waals surface area contributed by atoms with Gasteiger partial charge < -0.3 is 14.2 Å². The Bertz CT molecular complexity index is 2020. The molecule has 0 saturated carbocycles. The van der Waals surface area contributed by atoms with Crippen molar-refractivity contribution in [2.75, 3.05) is 5.32 Å². The highest BCUT2D eigenvalue weighted by Gasteiger charge is 2.11. The summed E-state index contributed by atoms with van der Waals surface area (Å²) >= 11 is 0. The summed E-state index contributed by atoms with van der Waals surface area (Å²) in [4.78, 5) is 9.36. The number of oxazole rings is 2. The van der Waals surface area contributed by atoms with Gasteiger partial charge in [0.1, 0.15) is 11.0 Å². The zero-order chi connectivity index (χ0) is 28.6. The number of fused-ring (bicyclic) bond motifs is 2. The van der Waals surface area contributed by atoms with Crippen LogP contribution in [-0.2, 0) is 0 Å². The summed E-state index contributed by atoms with van der Waals surface area (Å²) < 4.78 is 12.0. The molecule has 204 valence electrons. The number of hydrogen-bond donors (Lipinski definition) is 1. The molecule has 0 fully saturated rings. The summed E-state index contributed by atoms with van der Waals surface area (Å²) in [5, 5.41) is 3.51. The van der Waals surface area contributed by atoms with Gasteiger partial charge in [0, 0.05) is 22.5 Å². The quantitative estimate of drug-likeness (QED) is 0.221. The fourth-order valence-corrected chi connectivity index (χ4v) is 5.28. The number of rotatable bonds is 6. The molecule has 1 N–H and O–H groups in total. The van der Waals surface area contributed by atoms with E-state index >= 15 is 0 Å². The Kier molecular flexibility index (Phi) is 6.05. The third-order valence-corrected chi connectivity index (χ3v) is 7.54. The van der Waals surface area contributed by atoms with Gasteiger partial charge >= 0.3 is 0 Å². The van der Waals surface area contributed by atoms with Crippen LogP contribution in [0.25, 0.3) is 67.4 Å². The van der Waals surface area contributed by atoms with Crippen molar-refractivity contribution in [3.05, 3.63) is 146 Å². The molecule has 0 aliphatic carbocycles. The third-order valence-electron chi connectivity index (χ3n) is 7.54. The molecule has 0 aliphatic rings. The zero-order valence-electron chi connectivity index (χ0n) is 23.1. The number of hydrogen-bond acceptors (Lipinski definition) is 5. The molecule has 5 nitrogen and oxygen atoms in total. The van der Waals surface area contributed by atoms with Gasteiger partial charge in [0.25, 0.3) is 0 Å². The molecule has 2 aromatic heterocycles. The third kappa shape index (κ3) is 4.94. The second-order valence-electron chi connectivity index (χ2n) is 10.4. The van der Waals surface area contributed by atoms with Gasteiger partial charge in [-0.25, -0.2) is 9.97 Å². The Morgan fingerprint density at radius 3 is 1.47 bits per heavy atom. The Balaban J connectivity index is 0.975. The van der Waals surface area contributed by atoms with E-state index in [1.807, 2.05) is 72.8 Å². The molecule has 43 heavy (non-hydrogen) atoms. The van der Waals surface area contributed by atoms with E-state index in [4.69, 9.17) is 13.8 Å². The molecular weight excluding hydrogens is 530 g/mol. The first kappa shape index (κ1) is 24.8. The molecule has 0 bridgehead atoms. The molecule has 0 saturated heterocycles. The minimum Gasteiger partial charge on any atom is -0.436 e. The molecule has 0 amide bonds. The average Bonchev–Trinajstić information content (AvgIpc) is 3.70. The first-order chi connectivity index (χ1) is 21.2. The van der Waals surface area contributed by atoms with Crippen molar-refractivity contribution in [2.45, 2.75) is 0 Å². The Morgan fingerprint density at radius 1 is 0.372 bits per heavy atom. The van der Waals surface area contributed by atoms with E-state index in [1.54, 1.807) is 0 Å². The van der Waals surface area contributed by atoms with Gasteiger partial charge in [0.05, 0.1) is 0 Å². The van der Waals surface area contributed by atoms with Crippen LogP contribution in [0.5, 0.6) is 0 Å². The van der Waals surface area contributed by atoms with Crippen LogP contribution < -0.4 is 5.32 Å². The van der Waals surface area contributed by atoms with Crippen molar-refractivity contribution in [3.63, 3.8) is 0 Å². The van der Waals surface area contributed by atoms with E-state index in [2.05, 4.69) is 83.1 Å². The highest BCUT2D eigenvalue weighted by atomic mass is 16.4. The Hall–Kier alpha value is -5.94. The number of aromatic nitrogens is 2. The molecule has 8 aromatic rings. The Morgan fingerprint density at radius 2 is 0.860 bits per heavy atom. The van der Waals surface area contributed by atoms with Gasteiger partial charge in [-0.3, -0.25) is 0 Å². The summed E-state index contributed by atoms with van der Waals surface area (Å²) in [6.45, 7) is 0.